The zero-order valence-electron chi connectivity index (χ0n) is 13.7. The largest absolute Gasteiger partial charge is 0.368 e. The molecule has 0 atom stereocenters. The Balaban J connectivity index is 1.62. The van der Waals surface area contributed by atoms with E-state index >= 15 is 0 Å². The van der Waals surface area contributed by atoms with E-state index in [0.29, 0.717) is 17.5 Å². The van der Waals surface area contributed by atoms with Crippen molar-refractivity contribution in [3.8, 4) is 0 Å². The molecule has 0 aliphatic heterocycles. The van der Waals surface area contributed by atoms with Crippen LogP contribution in [-0.2, 0) is 11.5 Å². The number of aromatic nitrogens is 3. The predicted octanol–water partition coefficient (Wildman–Crippen LogP) is 4.08. The summed E-state index contributed by atoms with van der Waals surface area (Å²) in [6, 6.07) is 14.4. The van der Waals surface area contributed by atoms with Gasteiger partial charge < -0.3 is 11.1 Å². The number of hydrogen-bond donors (Lipinski definition) is 2. The first-order chi connectivity index (χ1) is 12.1. The molecule has 0 aliphatic carbocycles. The molecule has 25 heavy (non-hydrogen) atoms. The second kappa shape index (κ2) is 7.94. The Morgan fingerprint density at radius 2 is 1.68 bits per heavy atom. The lowest BCUT2D eigenvalue weighted by Crippen LogP contribution is -2.06. The van der Waals surface area contributed by atoms with Gasteiger partial charge in [0.25, 0.3) is 0 Å². The van der Waals surface area contributed by atoms with E-state index in [0.717, 1.165) is 17.0 Å². The molecule has 3 aromatic rings. The summed E-state index contributed by atoms with van der Waals surface area (Å²) in [6.07, 6.45) is 0. The summed E-state index contributed by atoms with van der Waals surface area (Å²) < 4.78 is 12.9. The number of nitrogens with one attached hydrogen (secondary N) is 1. The standard InChI is InChI=1S/C18H18FN5S/c1-12-2-8-15(9-3-12)21-18-23-16(22-17(20)24-18)11-25-10-13-4-6-14(19)7-5-13/h2-9H,10-11H2,1H3,(H3,20,21,22,23,24). The maximum Gasteiger partial charge on any atom is 0.232 e. The third-order valence-electron chi connectivity index (χ3n) is 3.42. The molecule has 0 unspecified atom stereocenters. The summed E-state index contributed by atoms with van der Waals surface area (Å²) >= 11 is 1.63. The minimum absolute atomic E-state index is 0.182. The third kappa shape index (κ3) is 5.15. The average molecular weight is 355 g/mol. The summed E-state index contributed by atoms with van der Waals surface area (Å²) in [5.41, 5.74) is 8.90. The lowest BCUT2D eigenvalue weighted by Gasteiger charge is -2.08. The SMILES string of the molecule is Cc1ccc(Nc2nc(N)nc(CSCc3ccc(F)cc3)n2)cc1. The summed E-state index contributed by atoms with van der Waals surface area (Å²) in [5.74, 6) is 2.31. The Bertz CT molecular complexity index is 837. The zero-order valence-corrected chi connectivity index (χ0v) is 14.6. The molecule has 1 aromatic heterocycles. The van der Waals surface area contributed by atoms with Crippen molar-refractivity contribution >= 4 is 29.3 Å². The Labute approximate surface area is 149 Å². The molecule has 0 saturated heterocycles. The fourth-order valence-electron chi connectivity index (χ4n) is 2.17. The Morgan fingerprint density at radius 1 is 0.960 bits per heavy atom. The van der Waals surface area contributed by atoms with Crippen molar-refractivity contribution in [3.63, 3.8) is 0 Å². The molecule has 5 nitrogen and oxygen atoms in total. The number of halogens is 1. The fourth-order valence-corrected chi connectivity index (χ4v) is 3.01. The number of rotatable bonds is 6. The monoisotopic (exact) mass is 355 g/mol. The minimum atomic E-state index is -0.231. The molecule has 2 aromatic carbocycles. The van der Waals surface area contributed by atoms with E-state index in [1.165, 1.54) is 17.7 Å². The van der Waals surface area contributed by atoms with E-state index in [-0.39, 0.29) is 11.8 Å². The average Bonchev–Trinajstić information content (AvgIpc) is 2.58. The van der Waals surface area contributed by atoms with E-state index in [1.807, 2.05) is 31.2 Å². The minimum Gasteiger partial charge on any atom is -0.368 e. The lowest BCUT2D eigenvalue weighted by atomic mass is 10.2. The van der Waals surface area contributed by atoms with Crippen LogP contribution in [0.1, 0.15) is 17.0 Å². The van der Waals surface area contributed by atoms with Crippen molar-refractivity contribution in [2.75, 3.05) is 11.1 Å². The normalized spacial score (nSPS) is 10.6. The zero-order chi connectivity index (χ0) is 17.6. The molecular formula is C18H18FN5S. The highest BCUT2D eigenvalue weighted by Crippen LogP contribution is 2.19. The van der Waals surface area contributed by atoms with Crippen LogP contribution < -0.4 is 11.1 Å². The van der Waals surface area contributed by atoms with Crippen LogP contribution in [0.2, 0.25) is 0 Å². The van der Waals surface area contributed by atoms with Crippen molar-refractivity contribution in [2.45, 2.75) is 18.4 Å². The Kier molecular flexibility index (Phi) is 5.45. The molecule has 0 spiro atoms. The molecule has 7 heteroatoms. The van der Waals surface area contributed by atoms with Gasteiger partial charge in [0, 0.05) is 11.4 Å². The predicted molar refractivity (Wildman–Crippen MR) is 100 cm³/mol. The fraction of sp³-hybridized carbons (Fsp3) is 0.167. The smallest absolute Gasteiger partial charge is 0.232 e. The van der Waals surface area contributed by atoms with Crippen LogP contribution in [0.3, 0.4) is 0 Å². The Morgan fingerprint density at radius 3 is 2.40 bits per heavy atom. The maximum absolute atomic E-state index is 12.9. The molecule has 1 heterocycles. The summed E-state index contributed by atoms with van der Waals surface area (Å²) in [5, 5.41) is 3.13. The highest BCUT2D eigenvalue weighted by molar-refractivity contribution is 7.97. The second-order valence-electron chi connectivity index (χ2n) is 5.54. The van der Waals surface area contributed by atoms with Crippen molar-refractivity contribution < 1.29 is 4.39 Å². The van der Waals surface area contributed by atoms with Gasteiger partial charge in [-0.25, -0.2) is 4.39 Å². The van der Waals surface area contributed by atoms with Crippen LogP contribution >= 0.6 is 11.8 Å². The van der Waals surface area contributed by atoms with Gasteiger partial charge in [-0.05, 0) is 36.8 Å². The van der Waals surface area contributed by atoms with E-state index < -0.39 is 0 Å². The van der Waals surface area contributed by atoms with E-state index in [2.05, 4.69) is 20.3 Å². The second-order valence-corrected chi connectivity index (χ2v) is 6.53. The van der Waals surface area contributed by atoms with E-state index in [9.17, 15) is 4.39 Å². The van der Waals surface area contributed by atoms with Gasteiger partial charge in [-0.2, -0.15) is 15.0 Å². The maximum atomic E-state index is 12.9. The molecule has 0 saturated carbocycles. The Hall–Kier alpha value is -2.67. The van der Waals surface area contributed by atoms with Crippen LogP contribution in [0.4, 0.5) is 22.0 Å². The molecule has 128 valence electrons. The molecule has 0 bridgehead atoms. The van der Waals surface area contributed by atoms with Gasteiger partial charge in [0.05, 0.1) is 5.75 Å². The van der Waals surface area contributed by atoms with Crippen molar-refractivity contribution in [3.05, 3.63) is 71.3 Å². The third-order valence-corrected chi connectivity index (χ3v) is 4.42. The first-order valence-corrected chi connectivity index (χ1v) is 8.90. The summed E-state index contributed by atoms with van der Waals surface area (Å²) in [6.45, 7) is 2.03. The molecule has 3 rings (SSSR count). The molecule has 0 fully saturated rings. The van der Waals surface area contributed by atoms with E-state index in [4.69, 9.17) is 5.73 Å². The number of benzene rings is 2. The van der Waals surface area contributed by atoms with Gasteiger partial charge in [-0.15, -0.1) is 11.8 Å². The molecule has 3 N–H and O–H groups in total. The van der Waals surface area contributed by atoms with Gasteiger partial charge in [-0.3, -0.25) is 0 Å². The first kappa shape index (κ1) is 17.2. The highest BCUT2D eigenvalue weighted by atomic mass is 32.2. The summed E-state index contributed by atoms with van der Waals surface area (Å²) in [7, 11) is 0. The number of nitrogens with zero attached hydrogens (tertiary/aromatic N) is 3. The number of aryl methyl sites for hydroxylation is 1. The quantitative estimate of drug-likeness (QED) is 0.694. The van der Waals surface area contributed by atoms with Gasteiger partial charge in [-0.1, -0.05) is 29.8 Å². The van der Waals surface area contributed by atoms with E-state index in [1.54, 1.807) is 23.9 Å². The van der Waals surface area contributed by atoms with Crippen LogP contribution in [0.15, 0.2) is 48.5 Å². The van der Waals surface area contributed by atoms with Crippen molar-refractivity contribution in [1.82, 2.24) is 15.0 Å². The molecule has 0 aliphatic rings. The number of nitrogens with two attached hydrogens (primary N) is 1. The van der Waals surface area contributed by atoms with Crippen molar-refractivity contribution in [1.29, 1.82) is 0 Å². The van der Waals surface area contributed by atoms with Gasteiger partial charge in [0.15, 0.2) is 0 Å². The molecule has 0 radical (unpaired) electrons. The van der Waals surface area contributed by atoms with Crippen LogP contribution in [0.5, 0.6) is 0 Å². The van der Waals surface area contributed by atoms with Crippen LogP contribution in [0, 0.1) is 12.7 Å². The van der Waals surface area contributed by atoms with Gasteiger partial charge in [0.2, 0.25) is 11.9 Å². The van der Waals surface area contributed by atoms with Crippen LogP contribution in [-0.4, -0.2) is 15.0 Å². The number of anilines is 3. The van der Waals surface area contributed by atoms with Gasteiger partial charge in [0.1, 0.15) is 11.6 Å². The number of nitrogen functional groups attached to an aromatic ring is 1. The number of hydrogen-bond acceptors (Lipinski definition) is 6. The lowest BCUT2D eigenvalue weighted by molar-refractivity contribution is 0.627. The summed E-state index contributed by atoms with van der Waals surface area (Å²) in [4.78, 5) is 12.7. The van der Waals surface area contributed by atoms with Crippen molar-refractivity contribution in [2.24, 2.45) is 0 Å². The number of thioether (sulfide) groups is 1. The molecule has 0 amide bonds. The molecular weight excluding hydrogens is 337 g/mol. The first-order valence-electron chi connectivity index (χ1n) is 7.75. The topological polar surface area (TPSA) is 76.7 Å². The highest BCUT2D eigenvalue weighted by Gasteiger charge is 2.06. The van der Waals surface area contributed by atoms with Gasteiger partial charge >= 0.3 is 0 Å². The van der Waals surface area contributed by atoms with Crippen LogP contribution in [0.25, 0.3) is 0 Å².